The summed E-state index contributed by atoms with van der Waals surface area (Å²) in [4.78, 5) is 19.6. The Hall–Kier alpha value is -2.92. The van der Waals surface area contributed by atoms with Crippen molar-refractivity contribution in [1.29, 1.82) is 0 Å². The van der Waals surface area contributed by atoms with Gasteiger partial charge in [0.15, 0.2) is 5.13 Å². The quantitative estimate of drug-likeness (QED) is 0.491. The minimum atomic E-state index is -0.0876. The Balaban J connectivity index is 1.80. The maximum atomic E-state index is 13.2. The maximum Gasteiger partial charge on any atom is 0.260 e. The van der Waals surface area contributed by atoms with E-state index in [-0.39, 0.29) is 5.91 Å². The van der Waals surface area contributed by atoms with Crippen molar-refractivity contribution in [2.45, 2.75) is 20.4 Å². The molecule has 2 aromatic carbocycles. The lowest BCUT2D eigenvalue weighted by Crippen LogP contribution is -2.30. The van der Waals surface area contributed by atoms with Crippen molar-refractivity contribution in [3.63, 3.8) is 0 Å². The predicted molar refractivity (Wildman–Crippen MR) is 105 cm³/mol. The number of fused-ring (bicyclic) bond motifs is 1. The third-order valence-corrected chi connectivity index (χ3v) is 5.51. The number of carbonyl (C=O) groups excluding carboxylic acids is 1. The van der Waals surface area contributed by atoms with E-state index >= 15 is 0 Å². The Morgan fingerprint density at radius 3 is 2.62 bits per heavy atom. The number of hydrogen-bond acceptors (Lipinski definition) is 4. The van der Waals surface area contributed by atoms with E-state index in [1.807, 2.05) is 42.5 Å². The van der Waals surface area contributed by atoms with E-state index in [2.05, 4.69) is 26.0 Å². The maximum absolute atomic E-state index is 13.2. The number of aromatic nitrogens is 1. The Bertz CT molecular complexity index is 1050. The smallest absolute Gasteiger partial charge is 0.260 e. The van der Waals surface area contributed by atoms with Crippen molar-refractivity contribution >= 4 is 32.6 Å². The van der Waals surface area contributed by atoms with Crippen molar-refractivity contribution in [3.8, 4) is 0 Å². The van der Waals surface area contributed by atoms with Crippen LogP contribution in [-0.4, -0.2) is 10.9 Å². The van der Waals surface area contributed by atoms with Crippen molar-refractivity contribution in [3.05, 3.63) is 83.3 Å². The molecule has 0 unspecified atom stereocenters. The zero-order valence-corrected chi connectivity index (χ0v) is 15.4. The highest BCUT2D eigenvalue weighted by Gasteiger charge is 2.23. The summed E-state index contributed by atoms with van der Waals surface area (Å²) >= 11 is 1.53. The fourth-order valence-electron chi connectivity index (χ4n) is 2.85. The molecule has 0 bridgehead atoms. The fourth-order valence-corrected chi connectivity index (χ4v) is 3.87. The average Bonchev–Trinajstić information content (AvgIpc) is 3.33. The van der Waals surface area contributed by atoms with E-state index in [9.17, 15) is 4.79 Å². The van der Waals surface area contributed by atoms with E-state index in [4.69, 9.17) is 9.40 Å². The molecule has 0 atom stereocenters. The van der Waals surface area contributed by atoms with Gasteiger partial charge >= 0.3 is 0 Å². The Kier molecular flexibility index (Phi) is 4.31. The highest BCUT2D eigenvalue weighted by molar-refractivity contribution is 7.22. The molecule has 0 aliphatic rings. The summed E-state index contributed by atoms with van der Waals surface area (Å²) in [5, 5.41) is 0.680. The molecular weight excluding hydrogens is 344 g/mol. The Morgan fingerprint density at radius 2 is 1.88 bits per heavy atom. The number of rotatable bonds is 4. The van der Waals surface area contributed by atoms with Gasteiger partial charge in [-0.05, 0) is 55.3 Å². The summed E-state index contributed by atoms with van der Waals surface area (Å²) in [7, 11) is 0. The molecule has 26 heavy (non-hydrogen) atoms. The van der Waals surface area contributed by atoms with E-state index in [0.29, 0.717) is 17.2 Å². The minimum absolute atomic E-state index is 0.0876. The highest BCUT2D eigenvalue weighted by Crippen LogP contribution is 2.33. The van der Waals surface area contributed by atoms with Gasteiger partial charge in [0.25, 0.3) is 5.91 Å². The number of benzene rings is 2. The predicted octanol–water partition coefficient (Wildman–Crippen LogP) is 5.35. The van der Waals surface area contributed by atoms with Gasteiger partial charge in [0.1, 0.15) is 5.76 Å². The first-order chi connectivity index (χ1) is 12.6. The third-order valence-electron chi connectivity index (χ3n) is 4.46. The van der Waals surface area contributed by atoms with Gasteiger partial charge in [-0.1, -0.05) is 35.6 Å². The van der Waals surface area contributed by atoms with Crippen molar-refractivity contribution < 1.29 is 9.21 Å². The lowest BCUT2D eigenvalue weighted by Gasteiger charge is -2.18. The van der Waals surface area contributed by atoms with Crippen LogP contribution < -0.4 is 4.90 Å². The van der Waals surface area contributed by atoms with Crippen LogP contribution in [0, 0.1) is 13.8 Å². The molecule has 0 aliphatic carbocycles. The van der Waals surface area contributed by atoms with E-state index in [0.717, 1.165) is 21.5 Å². The third kappa shape index (κ3) is 3.02. The molecule has 1 amide bonds. The van der Waals surface area contributed by atoms with E-state index in [1.54, 1.807) is 11.2 Å². The summed E-state index contributed by atoms with van der Waals surface area (Å²) in [6.45, 7) is 4.49. The molecule has 0 radical (unpaired) electrons. The van der Waals surface area contributed by atoms with Gasteiger partial charge in [-0.2, -0.15) is 0 Å². The second kappa shape index (κ2) is 6.77. The summed E-state index contributed by atoms with van der Waals surface area (Å²) < 4.78 is 6.55. The summed E-state index contributed by atoms with van der Waals surface area (Å²) in [6.07, 6.45) is 1.62. The van der Waals surface area contributed by atoms with Crippen LogP contribution in [0.15, 0.2) is 65.3 Å². The molecule has 0 aliphatic heterocycles. The number of aryl methyl sites for hydroxylation is 2. The molecule has 4 nitrogen and oxygen atoms in total. The van der Waals surface area contributed by atoms with Gasteiger partial charge in [-0.3, -0.25) is 9.69 Å². The molecule has 0 saturated heterocycles. The van der Waals surface area contributed by atoms with Crippen LogP contribution in [0.2, 0.25) is 0 Å². The van der Waals surface area contributed by atoms with Crippen LogP contribution in [0.25, 0.3) is 10.2 Å². The second-order valence-electron chi connectivity index (χ2n) is 6.19. The van der Waals surface area contributed by atoms with Crippen LogP contribution in [0.5, 0.6) is 0 Å². The van der Waals surface area contributed by atoms with Gasteiger partial charge < -0.3 is 4.42 Å². The number of carbonyl (C=O) groups is 1. The summed E-state index contributed by atoms with van der Waals surface area (Å²) in [6, 6.07) is 17.1. The second-order valence-corrected chi connectivity index (χ2v) is 7.20. The largest absolute Gasteiger partial charge is 0.467 e. The molecule has 0 N–H and O–H groups in total. The summed E-state index contributed by atoms with van der Waals surface area (Å²) in [5.74, 6) is 0.636. The first-order valence-corrected chi connectivity index (χ1v) is 9.21. The number of anilines is 1. The normalized spacial score (nSPS) is 11.0. The van der Waals surface area contributed by atoms with Crippen LogP contribution in [0.1, 0.15) is 27.2 Å². The molecule has 130 valence electrons. The fraction of sp³-hybridized carbons (Fsp3) is 0.143. The number of hydrogen-bond donors (Lipinski definition) is 0. The molecule has 0 saturated carbocycles. The standard InChI is InChI=1S/C21H18N2O2S/c1-14-10-11-18-19(15(14)2)22-21(26-18)23(13-17-9-6-12-25-17)20(24)16-7-4-3-5-8-16/h3-12H,13H2,1-2H3. The molecule has 2 heterocycles. The first kappa shape index (κ1) is 16.5. The molecule has 5 heteroatoms. The highest BCUT2D eigenvalue weighted by atomic mass is 32.1. The number of nitrogens with zero attached hydrogens (tertiary/aromatic N) is 2. The number of thiazole rings is 1. The number of furan rings is 1. The van der Waals surface area contributed by atoms with Gasteiger partial charge in [-0.25, -0.2) is 4.98 Å². The minimum Gasteiger partial charge on any atom is -0.467 e. The zero-order valence-electron chi connectivity index (χ0n) is 14.6. The molecule has 4 rings (SSSR count). The van der Waals surface area contributed by atoms with E-state index < -0.39 is 0 Å². The lowest BCUT2D eigenvalue weighted by atomic mass is 10.1. The van der Waals surface area contributed by atoms with Gasteiger partial charge in [0.2, 0.25) is 0 Å². The topological polar surface area (TPSA) is 46.3 Å². The Labute approximate surface area is 155 Å². The monoisotopic (exact) mass is 362 g/mol. The van der Waals surface area contributed by atoms with Crippen molar-refractivity contribution in [1.82, 2.24) is 4.98 Å². The van der Waals surface area contributed by atoms with Crippen molar-refractivity contribution in [2.75, 3.05) is 4.90 Å². The van der Waals surface area contributed by atoms with Crippen LogP contribution >= 0.6 is 11.3 Å². The summed E-state index contributed by atoms with van der Waals surface area (Å²) in [5.41, 5.74) is 3.93. The average molecular weight is 362 g/mol. The van der Waals surface area contributed by atoms with Crippen LogP contribution in [-0.2, 0) is 6.54 Å². The van der Waals surface area contributed by atoms with E-state index in [1.165, 1.54) is 16.9 Å². The van der Waals surface area contributed by atoms with Gasteiger partial charge in [0.05, 0.1) is 23.0 Å². The molecule has 0 fully saturated rings. The zero-order chi connectivity index (χ0) is 18.1. The first-order valence-electron chi connectivity index (χ1n) is 8.39. The van der Waals surface area contributed by atoms with Gasteiger partial charge in [-0.15, -0.1) is 0 Å². The lowest BCUT2D eigenvalue weighted by molar-refractivity contribution is 0.0983. The molecular formula is C21H18N2O2S. The Morgan fingerprint density at radius 1 is 1.08 bits per heavy atom. The van der Waals surface area contributed by atoms with Crippen LogP contribution in [0.4, 0.5) is 5.13 Å². The molecule has 0 spiro atoms. The molecule has 4 aromatic rings. The number of amides is 1. The van der Waals surface area contributed by atoms with Crippen molar-refractivity contribution in [2.24, 2.45) is 0 Å². The molecule has 2 aromatic heterocycles. The van der Waals surface area contributed by atoms with Gasteiger partial charge in [0, 0.05) is 5.56 Å². The SMILES string of the molecule is Cc1ccc2sc(N(Cc3ccco3)C(=O)c3ccccc3)nc2c1C. The van der Waals surface area contributed by atoms with Crippen LogP contribution in [0.3, 0.4) is 0 Å².